The Morgan fingerprint density at radius 2 is 1.70 bits per heavy atom. The Bertz CT molecular complexity index is 1020. The van der Waals surface area contributed by atoms with Crippen LogP contribution in [0.2, 0.25) is 10.0 Å². The van der Waals surface area contributed by atoms with E-state index in [1.54, 1.807) is 18.3 Å². The molecule has 0 spiro atoms. The SMILES string of the molecule is Cc1ccccc1C(=O)N/N=C\c1cc(C)n(-c2cc(Cl)cc(Cl)c2)c1C. The smallest absolute Gasteiger partial charge is 0.271 e. The molecule has 0 atom stereocenters. The van der Waals surface area contributed by atoms with E-state index in [0.29, 0.717) is 15.6 Å². The first-order valence-corrected chi connectivity index (χ1v) is 9.17. The van der Waals surface area contributed by atoms with E-state index in [1.807, 2.05) is 61.7 Å². The minimum Gasteiger partial charge on any atom is -0.318 e. The molecule has 0 aliphatic heterocycles. The summed E-state index contributed by atoms with van der Waals surface area (Å²) in [6.45, 7) is 5.86. The van der Waals surface area contributed by atoms with Crippen LogP contribution in [0.4, 0.5) is 0 Å². The van der Waals surface area contributed by atoms with E-state index in [-0.39, 0.29) is 5.91 Å². The molecule has 1 aromatic heterocycles. The first-order valence-electron chi connectivity index (χ1n) is 8.41. The van der Waals surface area contributed by atoms with Gasteiger partial charge in [-0.2, -0.15) is 5.10 Å². The van der Waals surface area contributed by atoms with E-state index in [2.05, 4.69) is 10.5 Å². The molecule has 3 aromatic rings. The zero-order valence-corrected chi connectivity index (χ0v) is 16.8. The van der Waals surface area contributed by atoms with E-state index in [0.717, 1.165) is 28.2 Å². The lowest BCUT2D eigenvalue weighted by Crippen LogP contribution is -2.18. The summed E-state index contributed by atoms with van der Waals surface area (Å²) in [7, 11) is 0. The Kier molecular flexibility index (Phi) is 5.68. The molecular weight excluding hydrogens is 381 g/mol. The van der Waals surface area contributed by atoms with Gasteiger partial charge in [-0.1, -0.05) is 41.4 Å². The normalized spacial score (nSPS) is 11.1. The number of hydrogen-bond donors (Lipinski definition) is 1. The Morgan fingerprint density at radius 3 is 2.37 bits per heavy atom. The molecule has 6 heteroatoms. The van der Waals surface area contributed by atoms with Gasteiger partial charge in [0.05, 0.1) is 6.21 Å². The fraction of sp³-hybridized carbons (Fsp3) is 0.143. The van der Waals surface area contributed by atoms with Crippen molar-refractivity contribution >= 4 is 35.3 Å². The van der Waals surface area contributed by atoms with Crippen molar-refractivity contribution in [1.29, 1.82) is 0 Å². The standard InChI is InChI=1S/C21H19Cl2N3O/c1-13-6-4-5-7-20(13)21(27)25-24-12-16-8-14(2)26(15(16)3)19-10-17(22)9-18(23)11-19/h4-12H,1-3H3,(H,25,27)/b24-12-. The van der Waals surface area contributed by atoms with Gasteiger partial charge in [0.25, 0.3) is 5.91 Å². The molecule has 0 aliphatic rings. The van der Waals surface area contributed by atoms with Crippen LogP contribution < -0.4 is 5.43 Å². The molecule has 0 saturated heterocycles. The Hall–Kier alpha value is -2.56. The lowest BCUT2D eigenvalue weighted by atomic mass is 10.1. The van der Waals surface area contributed by atoms with Gasteiger partial charge in [0.15, 0.2) is 0 Å². The third kappa shape index (κ3) is 4.24. The van der Waals surface area contributed by atoms with Gasteiger partial charge in [-0.25, -0.2) is 5.43 Å². The van der Waals surface area contributed by atoms with Crippen molar-refractivity contribution in [3.05, 3.63) is 86.7 Å². The van der Waals surface area contributed by atoms with Crippen LogP contribution in [0, 0.1) is 20.8 Å². The van der Waals surface area contributed by atoms with E-state index >= 15 is 0 Å². The molecule has 4 nitrogen and oxygen atoms in total. The molecule has 1 heterocycles. The number of carbonyl (C=O) groups excluding carboxylic acids is 1. The average molecular weight is 400 g/mol. The largest absolute Gasteiger partial charge is 0.318 e. The number of hydrogen-bond acceptors (Lipinski definition) is 2. The number of aromatic nitrogens is 1. The number of hydrazone groups is 1. The molecule has 1 amide bonds. The third-order valence-corrected chi connectivity index (χ3v) is 4.77. The Balaban J connectivity index is 1.83. The summed E-state index contributed by atoms with van der Waals surface area (Å²) in [5.74, 6) is -0.236. The second-order valence-corrected chi connectivity index (χ2v) is 7.18. The molecule has 138 valence electrons. The second kappa shape index (κ2) is 7.99. The molecule has 0 aliphatic carbocycles. The number of carbonyl (C=O) groups is 1. The van der Waals surface area contributed by atoms with Gasteiger partial charge in [0, 0.05) is 38.2 Å². The number of nitrogens with zero attached hydrogens (tertiary/aromatic N) is 2. The molecule has 0 saturated carbocycles. The van der Waals surface area contributed by atoms with Gasteiger partial charge in [0.1, 0.15) is 0 Å². The van der Waals surface area contributed by atoms with Crippen molar-refractivity contribution in [3.63, 3.8) is 0 Å². The lowest BCUT2D eigenvalue weighted by Gasteiger charge is -2.10. The van der Waals surface area contributed by atoms with Crippen LogP contribution in [-0.2, 0) is 0 Å². The molecule has 1 N–H and O–H groups in total. The summed E-state index contributed by atoms with van der Waals surface area (Å²) in [6, 6.07) is 14.8. The van der Waals surface area contributed by atoms with Gasteiger partial charge < -0.3 is 4.57 Å². The number of rotatable bonds is 4. The second-order valence-electron chi connectivity index (χ2n) is 6.30. The van der Waals surface area contributed by atoms with Gasteiger partial charge in [-0.15, -0.1) is 0 Å². The maximum Gasteiger partial charge on any atom is 0.271 e. The summed E-state index contributed by atoms with van der Waals surface area (Å²) in [5, 5.41) is 5.26. The highest BCUT2D eigenvalue weighted by Gasteiger charge is 2.11. The summed E-state index contributed by atoms with van der Waals surface area (Å²) in [4.78, 5) is 12.2. The number of amides is 1. The lowest BCUT2D eigenvalue weighted by molar-refractivity contribution is 0.0954. The number of benzene rings is 2. The minimum atomic E-state index is -0.236. The van der Waals surface area contributed by atoms with E-state index in [9.17, 15) is 4.79 Å². The van der Waals surface area contributed by atoms with Crippen molar-refractivity contribution < 1.29 is 4.79 Å². The van der Waals surface area contributed by atoms with E-state index < -0.39 is 0 Å². The Labute approximate surface area is 168 Å². The topological polar surface area (TPSA) is 46.4 Å². The molecule has 0 fully saturated rings. The highest BCUT2D eigenvalue weighted by Crippen LogP contribution is 2.26. The quantitative estimate of drug-likeness (QED) is 0.458. The maximum atomic E-state index is 12.2. The fourth-order valence-corrected chi connectivity index (χ4v) is 3.55. The van der Waals surface area contributed by atoms with Crippen LogP contribution in [0.25, 0.3) is 5.69 Å². The number of halogens is 2. The highest BCUT2D eigenvalue weighted by atomic mass is 35.5. The summed E-state index contributed by atoms with van der Waals surface area (Å²) in [6.07, 6.45) is 1.64. The first-order chi connectivity index (χ1) is 12.9. The van der Waals surface area contributed by atoms with Crippen LogP contribution in [0.15, 0.2) is 53.6 Å². The van der Waals surface area contributed by atoms with Gasteiger partial charge in [-0.05, 0) is 56.7 Å². The van der Waals surface area contributed by atoms with E-state index in [1.165, 1.54) is 0 Å². The maximum absolute atomic E-state index is 12.2. The van der Waals surface area contributed by atoms with Crippen molar-refractivity contribution in [1.82, 2.24) is 9.99 Å². The molecule has 0 radical (unpaired) electrons. The third-order valence-electron chi connectivity index (χ3n) is 4.34. The van der Waals surface area contributed by atoms with Crippen molar-refractivity contribution in [3.8, 4) is 5.69 Å². The fourth-order valence-electron chi connectivity index (χ4n) is 3.03. The summed E-state index contributed by atoms with van der Waals surface area (Å²) < 4.78 is 2.04. The number of aryl methyl sites for hydroxylation is 2. The molecular formula is C21H19Cl2N3O. The summed E-state index contributed by atoms with van der Waals surface area (Å²) in [5.41, 5.74) is 7.85. The Morgan fingerprint density at radius 1 is 1.04 bits per heavy atom. The highest BCUT2D eigenvalue weighted by molar-refractivity contribution is 6.34. The molecule has 27 heavy (non-hydrogen) atoms. The molecule has 3 rings (SSSR count). The van der Waals surface area contributed by atoms with E-state index in [4.69, 9.17) is 23.2 Å². The van der Waals surface area contributed by atoms with Gasteiger partial charge in [0.2, 0.25) is 0 Å². The van der Waals surface area contributed by atoms with Crippen LogP contribution in [0.5, 0.6) is 0 Å². The van der Waals surface area contributed by atoms with Crippen LogP contribution in [-0.4, -0.2) is 16.7 Å². The predicted molar refractivity (Wildman–Crippen MR) is 112 cm³/mol. The molecule has 0 unspecified atom stereocenters. The zero-order chi connectivity index (χ0) is 19.6. The van der Waals surface area contributed by atoms with Crippen LogP contribution in [0.1, 0.15) is 32.9 Å². The monoisotopic (exact) mass is 399 g/mol. The molecule has 0 bridgehead atoms. The van der Waals surface area contributed by atoms with Gasteiger partial charge >= 0.3 is 0 Å². The van der Waals surface area contributed by atoms with Crippen LogP contribution >= 0.6 is 23.2 Å². The van der Waals surface area contributed by atoms with Crippen molar-refractivity contribution in [2.45, 2.75) is 20.8 Å². The minimum absolute atomic E-state index is 0.236. The van der Waals surface area contributed by atoms with Gasteiger partial charge in [-0.3, -0.25) is 4.79 Å². The molecule has 2 aromatic carbocycles. The first kappa shape index (κ1) is 19.2. The average Bonchev–Trinajstić information content (AvgIpc) is 2.88. The predicted octanol–water partition coefficient (Wildman–Crippen LogP) is 5.47. The van der Waals surface area contributed by atoms with Crippen molar-refractivity contribution in [2.75, 3.05) is 0 Å². The number of nitrogens with one attached hydrogen (secondary N) is 1. The van der Waals surface area contributed by atoms with Crippen LogP contribution in [0.3, 0.4) is 0 Å². The summed E-state index contributed by atoms with van der Waals surface area (Å²) >= 11 is 12.3. The zero-order valence-electron chi connectivity index (χ0n) is 15.3. The van der Waals surface area contributed by atoms with Crippen molar-refractivity contribution in [2.24, 2.45) is 5.10 Å².